The molecule has 0 fully saturated rings. The highest BCUT2D eigenvalue weighted by Crippen LogP contribution is 2.29. The largest absolute Gasteiger partial charge is 0.306 e. The third-order valence-corrected chi connectivity index (χ3v) is 4.40. The number of pyridine rings is 1. The molecule has 0 saturated carbocycles. The maximum atomic E-state index is 12.8. The first-order chi connectivity index (χ1) is 13.5. The van der Waals surface area contributed by atoms with E-state index in [0.29, 0.717) is 17.1 Å². The number of aromatic nitrogens is 2. The first-order valence-corrected chi connectivity index (χ1v) is 8.63. The third kappa shape index (κ3) is 3.21. The zero-order valence-corrected chi connectivity index (χ0v) is 15.0. The topological polar surface area (TPSA) is 89.5 Å². The number of nitro benzene ring substituents is 1. The van der Waals surface area contributed by atoms with Crippen molar-refractivity contribution in [3.05, 3.63) is 94.2 Å². The second-order valence-electron chi connectivity index (χ2n) is 6.37. The van der Waals surface area contributed by atoms with Crippen LogP contribution in [-0.4, -0.2) is 20.2 Å². The van der Waals surface area contributed by atoms with Gasteiger partial charge < -0.3 is 5.32 Å². The fraction of sp³-hybridized carbons (Fsp3) is 0.0476. The zero-order chi connectivity index (χ0) is 19.7. The molecule has 0 unspecified atom stereocenters. The average molecular weight is 372 g/mol. The molecule has 7 heteroatoms. The molecule has 4 aromatic rings. The molecule has 0 atom stereocenters. The normalized spacial score (nSPS) is 10.8. The van der Waals surface area contributed by atoms with Gasteiger partial charge in [-0.2, -0.15) is 0 Å². The second kappa shape index (κ2) is 6.96. The minimum Gasteiger partial charge on any atom is -0.306 e. The molecule has 7 nitrogen and oxygen atoms in total. The Morgan fingerprint density at radius 2 is 1.79 bits per heavy atom. The van der Waals surface area contributed by atoms with Crippen LogP contribution in [0, 0.1) is 17.0 Å². The van der Waals surface area contributed by atoms with E-state index in [9.17, 15) is 14.9 Å². The number of nitro groups is 1. The minimum atomic E-state index is -0.498. The fourth-order valence-corrected chi connectivity index (χ4v) is 2.98. The Bertz CT molecular complexity index is 1180. The predicted molar refractivity (Wildman–Crippen MR) is 106 cm³/mol. The summed E-state index contributed by atoms with van der Waals surface area (Å²) in [6.45, 7) is 1.98. The number of anilines is 1. The van der Waals surface area contributed by atoms with Gasteiger partial charge in [0.1, 0.15) is 17.2 Å². The fourth-order valence-electron chi connectivity index (χ4n) is 2.98. The Balaban J connectivity index is 1.76. The number of carbonyl (C=O) groups is 1. The average Bonchev–Trinajstić information content (AvgIpc) is 3.06. The number of hydrogen-bond acceptors (Lipinski definition) is 4. The highest BCUT2D eigenvalue weighted by atomic mass is 16.6. The number of hydrogen-bond donors (Lipinski definition) is 1. The number of fused-ring (bicyclic) bond motifs is 1. The Morgan fingerprint density at radius 1 is 1.07 bits per heavy atom. The molecular weight excluding hydrogens is 356 g/mol. The molecule has 4 rings (SSSR count). The van der Waals surface area contributed by atoms with Gasteiger partial charge >= 0.3 is 0 Å². The van der Waals surface area contributed by atoms with Crippen LogP contribution in [-0.2, 0) is 0 Å². The number of amides is 1. The van der Waals surface area contributed by atoms with Gasteiger partial charge in [-0.25, -0.2) is 4.98 Å². The molecule has 0 radical (unpaired) electrons. The summed E-state index contributed by atoms with van der Waals surface area (Å²) in [6, 6.07) is 18.9. The molecule has 0 aliphatic rings. The van der Waals surface area contributed by atoms with Crippen molar-refractivity contribution in [3.63, 3.8) is 0 Å². The molecule has 28 heavy (non-hydrogen) atoms. The van der Waals surface area contributed by atoms with Crippen molar-refractivity contribution < 1.29 is 9.72 Å². The summed E-state index contributed by atoms with van der Waals surface area (Å²) in [5.74, 6) is 0.180. The van der Waals surface area contributed by atoms with Crippen molar-refractivity contribution in [2.75, 3.05) is 5.32 Å². The van der Waals surface area contributed by atoms with Crippen LogP contribution in [0.4, 0.5) is 11.5 Å². The molecule has 1 amide bonds. The molecular formula is C21H16N4O3. The van der Waals surface area contributed by atoms with Crippen molar-refractivity contribution in [1.82, 2.24) is 9.38 Å². The lowest BCUT2D eigenvalue weighted by Gasteiger charge is -2.08. The van der Waals surface area contributed by atoms with E-state index in [0.717, 1.165) is 16.8 Å². The lowest BCUT2D eigenvalue weighted by molar-refractivity contribution is -0.384. The summed E-state index contributed by atoms with van der Waals surface area (Å²) < 4.78 is 1.82. The number of nitrogens with one attached hydrogen (secondary N) is 1. The van der Waals surface area contributed by atoms with Crippen LogP contribution in [0.1, 0.15) is 15.9 Å². The number of imidazole rings is 1. The van der Waals surface area contributed by atoms with Gasteiger partial charge in [-0.15, -0.1) is 0 Å². The number of rotatable bonds is 4. The molecule has 138 valence electrons. The second-order valence-corrected chi connectivity index (χ2v) is 6.37. The lowest BCUT2D eigenvalue weighted by Crippen LogP contribution is -2.14. The number of nitrogens with zero attached hydrogens (tertiary/aromatic N) is 3. The van der Waals surface area contributed by atoms with E-state index in [4.69, 9.17) is 0 Å². The molecule has 0 bridgehead atoms. The lowest BCUT2D eigenvalue weighted by atomic mass is 10.1. The van der Waals surface area contributed by atoms with E-state index < -0.39 is 4.92 Å². The van der Waals surface area contributed by atoms with E-state index in [1.165, 1.54) is 24.3 Å². The minimum absolute atomic E-state index is 0.0631. The van der Waals surface area contributed by atoms with E-state index in [2.05, 4.69) is 10.3 Å². The van der Waals surface area contributed by atoms with Gasteiger partial charge in [-0.05, 0) is 36.8 Å². The molecule has 0 aliphatic carbocycles. The summed E-state index contributed by atoms with van der Waals surface area (Å²) in [7, 11) is 0. The molecule has 0 aliphatic heterocycles. The molecule has 0 saturated heterocycles. The third-order valence-electron chi connectivity index (χ3n) is 4.40. The van der Waals surface area contributed by atoms with Crippen molar-refractivity contribution in [1.29, 1.82) is 0 Å². The number of carbonyl (C=O) groups excluding carboxylic acids is 1. The van der Waals surface area contributed by atoms with Gasteiger partial charge in [0.25, 0.3) is 11.6 Å². The van der Waals surface area contributed by atoms with Gasteiger partial charge in [0.2, 0.25) is 0 Å². The van der Waals surface area contributed by atoms with E-state index in [-0.39, 0.29) is 11.6 Å². The quantitative estimate of drug-likeness (QED) is 0.423. The van der Waals surface area contributed by atoms with Crippen molar-refractivity contribution in [2.45, 2.75) is 6.92 Å². The van der Waals surface area contributed by atoms with Gasteiger partial charge in [0, 0.05) is 29.5 Å². The highest BCUT2D eigenvalue weighted by molar-refractivity contribution is 6.05. The Kier molecular flexibility index (Phi) is 4.33. The van der Waals surface area contributed by atoms with Gasteiger partial charge in [0.05, 0.1) is 4.92 Å². The van der Waals surface area contributed by atoms with Crippen molar-refractivity contribution in [3.8, 4) is 11.3 Å². The first-order valence-electron chi connectivity index (χ1n) is 8.63. The zero-order valence-electron chi connectivity index (χ0n) is 15.0. The van der Waals surface area contributed by atoms with E-state index >= 15 is 0 Å². The van der Waals surface area contributed by atoms with Crippen LogP contribution in [0.5, 0.6) is 0 Å². The number of benzene rings is 2. The first kappa shape index (κ1) is 17.4. The number of aryl methyl sites for hydroxylation is 1. The Morgan fingerprint density at radius 3 is 2.46 bits per heavy atom. The van der Waals surface area contributed by atoms with Gasteiger partial charge in [0.15, 0.2) is 0 Å². The van der Waals surface area contributed by atoms with Crippen LogP contribution in [0.2, 0.25) is 0 Å². The predicted octanol–water partition coefficient (Wildman–Crippen LogP) is 4.47. The monoisotopic (exact) mass is 372 g/mol. The molecule has 2 aromatic heterocycles. The van der Waals surface area contributed by atoms with Gasteiger partial charge in [-0.1, -0.05) is 30.3 Å². The van der Waals surface area contributed by atoms with Gasteiger partial charge in [-0.3, -0.25) is 19.3 Å². The van der Waals surface area contributed by atoms with E-state index in [1.807, 2.05) is 60.0 Å². The maximum Gasteiger partial charge on any atom is 0.269 e. The summed E-state index contributed by atoms with van der Waals surface area (Å²) in [5, 5.41) is 13.7. The van der Waals surface area contributed by atoms with Crippen LogP contribution in [0.15, 0.2) is 72.9 Å². The summed E-state index contributed by atoms with van der Waals surface area (Å²) >= 11 is 0. The standard InChI is InChI=1S/C21H16N4O3/c1-14-11-12-24-18(13-14)22-19(15-5-3-2-4-6-15)20(24)23-21(26)16-7-9-17(10-8-16)25(27)28/h2-13H,1H3,(H,23,26). The van der Waals surface area contributed by atoms with Crippen LogP contribution in [0.3, 0.4) is 0 Å². The van der Waals surface area contributed by atoms with Crippen molar-refractivity contribution >= 4 is 23.1 Å². The van der Waals surface area contributed by atoms with E-state index in [1.54, 1.807) is 0 Å². The van der Waals surface area contributed by atoms with Crippen LogP contribution >= 0.6 is 0 Å². The molecule has 0 spiro atoms. The summed E-state index contributed by atoms with van der Waals surface area (Å²) in [5.41, 5.74) is 3.57. The summed E-state index contributed by atoms with van der Waals surface area (Å²) in [6.07, 6.45) is 1.86. The summed E-state index contributed by atoms with van der Waals surface area (Å²) in [4.78, 5) is 27.8. The number of non-ortho nitro benzene ring substituents is 1. The Labute approximate surface area is 160 Å². The Hall–Kier alpha value is -4.00. The van der Waals surface area contributed by atoms with Crippen molar-refractivity contribution in [2.24, 2.45) is 0 Å². The smallest absolute Gasteiger partial charge is 0.269 e. The molecule has 2 heterocycles. The molecule has 2 aromatic carbocycles. The van der Waals surface area contributed by atoms with Crippen LogP contribution in [0.25, 0.3) is 16.9 Å². The maximum absolute atomic E-state index is 12.8. The molecule has 1 N–H and O–H groups in total. The highest BCUT2D eigenvalue weighted by Gasteiger charge is 2.18. The van der Waals surface area contributed by atoms with Crippen LogP contribution < -0.4 is 5.32 Å². The SMILES string of the molecule is Cc1ccn2c(NC(=O)c3ccc([N+](=O)[O-])cc3)c(-c3ccccc3)nc2c1.